The molecular weight excluding hydrogens is 290 g/mol. The van der Waals surface area contributed by atoms with Crippen LogP contribution in [0.25, 0.3) is 22.2 Å². The molecule has 0 atom stereocenters. The molecule has 0 aliphatic heterocycles. The summed E-state index contributed by atoms with van der Waals surface area (Å²) >= 11 is 0. The molecule has 0 saturated carbocycles. The molecule has 0 amide bonds. The largest absolute Gasteiger partial charge is 0.247 e. The molecule has 0 N–H and O–H groups in total. The third-order valence-electron chi connectivity index (χ3n) is 4.43. The van der Waals surface area contributed by atoms with Crippen molar-refractivity contribution in [2.24, 2.45) is 0 Å². The van der Waals surface area contributed by atoms with Crippen molar-refractivity contribution in [3.8, 4) is 11.3 Å². The number of benzene rings is 3. The van der Waals surface area contributed by atoms with E-state index < -0.39 is 0 Å². The molecule has 116 valence electrons. The average Bonchev–Trinajstić information content (AvgIpc) is 2.64. The summed E-state index contributed by atoms with van der Waals surface area (Å²) in [5.41, 5.74) is 7.18. The van der Waals surface area contributed by atoms with Gasteiger partial charge in [-0.1, -0.05) is 78.9 Å². The van der Waals surface area contributed by atoms with Crippen molar-refractivity contribution in [1.29, 1.82) is 0 Å². The number of nitrogens with zero attached hydrogens (tertiary/aromatic N) is 1. The lowest BCUT2D eigenvalue weighted by Gasteiger charge is -2.12. The van der Waals surface area contributed by atoms with E-state index in [-0.39, 0.29) is 0 Å². The van der Waals surface area contributed by atoms with Gasteiger partial charge in [0, 0.05) is 10.9 Å². The Bertz CT molecular complexity index is 973. The predicted octanol–water partition coefficient (Wildman–Crippen LogP) is 5.80. The number of hydrogen-bond donors (Lipinski definition) is 0. The Morgan fingerprint density at radius 1 is 0.750 bits per heavy atom. The Hall–Kier alpha value is -2.93. The number of para-hydroxylation sites is 1. The summed E-state index contributed by atoms with van der Waals surface area (Å²) < 4.78 is 0. The zero-order valence-electron chi connectivity index (χ0n) is 13.7. The van der Waals surface area contributed by atoms with E-state index in [0.29, 0.717) is 0 Å². The quantitative estimate of drug-likeness (QED) is 0.466. The maximum absolute atomic E-state index is 4.95. The Labute approximate surface area is 142 Å². The van der Waals surface area contributed by atoms with Gasteiger partial charge in [0.15, 0.2) is 0 Å². The standard InChI is InChI=1S/C23H19N/c1-17-9-8-14-21-20(15-18-10-4-2-5-11-18)16-22(24-23(17)21)19-12-6-3-7-13-19/h2-14,16H,15H2,1H3. The Balaban J connectivity index is 1.92. The zero-order chi connectivity index (χ0) is 16.4. The fourth-order valence-corrected chi connectivity index (χ4v) is 3.18. The molecule has 0 aliphatic rings. The highest BCUT2D eigenvalue weighted by Gasteiger charge is 2.09. The van der Waals surface area contributed by atoms with E-state index in [1.54, 1.807) is 0 Å². The molecule has 1 nitrogen and oxygen atoms in total. The maximum Gasteiger partial charge on any atom is 0.0741 e. The summed E-state index contributed by atoms with van der Waals surface area (Å²) in [6.45, 7) is 2.14. The second-order valence-electron chi connectivity index (χ2n) is 6.17. The van der Waals surface area contributed by atoms with Crippen LogP contribution < -0.4 is 0 Å². The molecule has 24 heavy (non-hydrogen) atoms. The minimum Gasteiger partial charge on any atom is -0.247 e. The first kappa shape index (κ1) is 14.6. The fourth-order valence-electron chi connectivity index (χ4n) is 3.18. The van der Waals surface area contributed by atoms with E-state index in [0.717, 1.165) is 23.2 Å². The summed E-state index contributed by atoms with van der Waals surface area (Å²) in [7, 11) is 0. The van der Waals surface area contributed by atoms with Crippen LogP contribution in [0.3, 0.4) is 0 Å². The van der Waals surface area contributed by atoms with Gasteiger partial charge in [-0.2, -0.15) is 0 Å². The molecule has 1 aromatic heterocycles. The van der Waals surface area contributed by atoms with Crippen LogP contribution in [0.2, 0.25) is 0 Å². The van der Waals surface area contributed by atoms with Crippen molar-refractivity contribution in [3.63, 3.8) is 0 Å². The molecule has 4 rings (SSSR count). The number of pyridine rings is 1. The van der Waals surface area contributed by atoms with Crippen LogP contribution in [0.15, 0.2) is 84.9 Å². The molecule has 0 unspecified atom stereocenters. The van der Waals surface area contributed by atoms with Gasteiger partial charge in [-0.3, -0.25) is 0 Å². The third kappa shape index (κ3) is 2.81. The van der Waals surface area contributed by atoms with E-state index in [9.17, 15) is 0 Å². The monoisotopic (exact) mass is 309 g/mol. The molecule has 0 bridgehead atoms. The molecular formula is C23H19N. The van der Waals surface area contributed by atoms with Crippen LogP contribution >= 0.6 is 0 Å². The zero-order valence-corrected chi connectivity index (χ0v) is 13.7. The van der Waals surface area contributed by atoms with Gasteiger partial charge in [-0.15, -0.1) is 0 Å². The van der Waals surface area contributed by atoms with E-state index >= 15 is 0 Å². The number of fused-ring (bicyclic) bond motifs is 1. The van der Waals surface area contributed by atoms with Crippen LogP contribution in [0.1, 0.15) is 16.7 Å². The van der Waals surface area contributed by atoms with Gasteiger partial charge < -0.3 is 0 Å². The lowest BCUT2D eigenvalue weighted by molar-refractivity contribution is 1.20. The SMILES string of the molecule is Cc1cccc2c(Cc3ccccc3)cc(-c3ccccc3)nc12. The van der Waals surface area contributed by atoms with Gasteiger partial charge in [0.1, 0.15) is 0 Å². The van der Waals surface area contributed by atoms with Crippen LogP contribution in [0.4, 0.5) is 0 Å². The first-order chi connectivity index (χ1) is 11.8. The van der Waals surface area contributed by atoms with E-state index in [1.165, 1.54) is 22.1 Å². The number of hydrogen-bond acceptors (Lipinski definition) is 1. The van der Waals surface area contributed by atoms with Crippen molar-refractivity contribution in [2.75, 3.05) is 0 Å². The summed E-state index contributed by atoms with van der Waals surface area (Å²) in [5.74, 6) is 0. The number of rotatable bonds is 3. The second kappa shape index (κ2) is 6.29. The number of aryl methyl sites for hydroxylation is 1. The van der Waals surface area contributed by atoms with Gasteiger partial charge in [0.05, 0.1) is 11.2 Å². The van der Waals surface area contributed by atoms with E-state index in [4.69, 9.17) is 4.98 Å². The Morgan fingerprint density at radius 3 is 2.21 bits per heavy atom. The molecule has 1 heterocycles. The van der Waals surface area contributed by atoms with Gasteiger partial charge in [0.2, 0.25) is 0 Å². The first-order valence-corrected chi connectivity index (χ1v) is 8.30. The van der Waals surface area contributed by atoms with Crippen molar-refractivity contribution >= 4 is 10.9 Å². The Morgan fingerprint density at radius 2 is 1.46 bits per heavy atom. The van der Waals surface area contributed by atoms with Gasteiger partial charge in [-0.05, 0) is 36.1 Å². The molecule has 1 heteroatoms. The van der Waals surface area contributed by atoms with Crippen LogP contribution in [0.5, 0.6) is 0 Å². The molecule has 4 aromatic rings. The normalized spacial score (nSPS) is 10.9. The third-order valence-corrected chi connectivity index (χ3v) is 4.43. The van der Waals surface area contributed by atoms with Crippen molar-refractivity contribution < 1.29 is 0 Å². The molecule has 0 spiro atoms. The van der Waals surface area contributed by atoms with Gasteiger partial charge in [0.25, 0.3) is 0 Å². The predicted molar refractivity (Wildman–Crippen MR) is 101 cm³/mol. The smallest absolute Gasteiger partial charge is 0.0741 e. The summed E-state index contributed by atoms with van der Waals surface area (Å²) in [5, 5.41) is 1.25. The molecule has 0 radical (unpaired) electrons. The fraction of sp³-hybridized carbons (Fsp3) is 0.0870. The van der Waals surface area contributed by atoms with E-state index in [2.05, 4.69) is 85.8 Å². The summed E-state index contributed by atoms with van der Waals surface area (Å²) in [4.78, 5) is 4.95. The maximum atomic E-state index is 4.95. The highest BCUT2D eigenvalue weighted by Crippen LogP contribution is 2.28. The van der Waals surface area contributed by atoms with Crippen LogP contribution in [-0.4, -0.2) is 4.98 Å². The molecule has 0 fully saturated rings. The Kier molecular flexibility index (Phi) is 3.84. The average molecular weight is 309 g/mol. The first-order valence-electron chi connectivity index (χ1n) is 8.30. The lowest BCUT2D eigenvalue weighted by Crippen LogP contribution is -1.96. The van der Waals surface area contributed by atoms with Gasteiger partial charge >= 0.3 is 0 Å². The highest BCUT2D eigenvalue weighted by molar-refractivity contribution is 5.87. The molecule has 0 aliphatic carbocycles. The lowest BCUT2D eigenvalue weighted by atomic mass is 9.97. The van der Waals surface area contributed by atoms with Crippen LogP contribution in [0, 0.1) is 6.92 Å². The number of aromatic nitrogens is 1. The summed E-state index contributed by atoms with van der Waals surface area (Å²) in [6.07, 6.45) is 0.920. The van der Waals surface area contributed by atoms with Crippen molar-refractivity contribution in [2.45, 2.75) is 13.3 Å². The van der Waals surface area contributed by atoms with E-state index in [1.807, 2.05) is 6.07 Å². The van der Waals surface area contributed by atoms with Crippen molar-refractivity contribution in [3.05, 3.63) is 102 Å². The van der Waals surface area contributed by atoms with Crippen LogP contribution in [-0.2, 0) is 6.42 Å². The minimum absolute atomic E-state index is 0.920. The topological polar surface area (TPSA) is 12.9 Å². The second-order valence-corrected chi connectivity index (χ2v) is 6.17. The highest BCUT2D eigenvalue weighted by atomic mass is 14.7. The van der Waals surface area contributed by atoms with Gasteiger partial charge in [-0.25, -0.2) is 4.98 Å². The summed E-state index contributed by atoms with van der Waals surface area (Å²) in [6, 6.07) is 29.7. The minimum atomic E-state index is 0.920. The molecule has 3 aromatic carbocycles. The van der Waals surface area contributed by atoms with Crippen molar-refractivity contribution in [1.82, 2.24) is 4.98 Å². The molecule has 0 saturated heterocycles.